The fourth-order valence-corrected chi connectivity index (χ4v) is 4.12. The van der Waals surface area contributed by atoms with Crippen LogP contribution in [0.5, 0.6) is 0 Å². The van der Waals surface area contributed by atoms with Crippen LogP contribution in [0.2, 0.25) is 5.02 Å². The smallest absolute Gasteiger partial charge is 0.243 e. The highest BCUT2D eigenvalue weighted by Crippen LogP contribution is 2.20. The van der Waals surface area contributed by atoms with Gasteiger partial charge in [-0.05, 0) is 62.2 Å². The number of sulfonamides is 1. The molecule has 0 radical (unpaired) electrons. The van der Waals surface area contributed by atoms with E-state index in [9.17, 15) is 17.6 Å². The molecule has 2 rings (SSSR count). The maximum atomic E-state index is 13.2. The third kappa shape index (κ3) is 7.68. The van der Waals surface area contributed by atoms with Crippen LogP contribution in [0.15, 0.2) is 53.4 Å². The molecule has 0 fully saturated rings. The molecule has 0 aliphatic carbocycles. The molecule has 0 aliphatic rings. The highest BCUT2D eigenvalue weighted by molar-refractivity contribution is 7.89. The summed E-state index contributed by atoms with van der Waals surface area (Å²) in [5.41, 5.74) is 0.562. The summed E-state index contributed by atoms with van der Waals surface area (Å²) in [6.07, 6.45) is 0.725. The molecule has 0 spiro atoms. The Labute approximate surface area is 182 Å². The van der Waals surface area contributed by atoms with Gasteiger partial charge >= 0.3 is 0 Å². The fraction of sp³-hybridized carbons (Fsp3) is 0.381. The summed E-state index contributed by atoms with van der Waals surface area (Å²) >= 11 is 5.85. The molecule has 1 N–H and O–H groups in total. The lowest BCUT2D eigenvalue weighted by atomic mass is 10.2. The van der Waals surface area contributed by atoms with E-state index in [-0.39, 0.29) is 24.1 Å². The SMILES string of the molecule is CC(C)OCCCNC(=O)CN(Cc1ccc(F)cc1)S(=O)(=O)c1ccc(Cl)cc1. The topological polar surface area (TPSA) is 75.7 Å². The molecule has 0 aromatic heterocycles. The van der Waals surface area contributed by atoms with E-state index in [0.717, 1.165) is 4.31 Å². The second-order valence-electron chi connectivity index (χ2n) is 6.98. The molecule has 0 heterocycles. The number of benzene rings is 2. The van der Waals surface area contributed by atoms with E-state index < -0.39 is 21.7 Å². The number of carbonyl (C=O) groups is 1. The Hall–Kier alpha value is -2.00. The van der Waals surface area contributed by atoms with E-state index in [1.807, 2.05) is 13.8 Å². The monoisotopic (exact) mass is 456 g/mol. The number of amides is 1. The molecule has 0 aliphatic heterocycles. The molecule has 0 saturated carbocycles. The molecule has 9 heteroatoms. The summed E-state index contributed by atoms with van der Waals surface area (Å²) in [6, 6.07) is 11.2. The zero-order chi connectivity index (χ0) is 22.1. The van der Waals surface area contributed by atoms with Gasteiger partial charge in [-0.3, -0.25) is 4.79 Å². The van der Waals surface area contributed by atoms with Crippen molar-refractivity contribution in [3.8, 4) is 0 Å². The van der Waals surface area contributed by atoms with E-state index in [2.05, 4.69) is 5.32 Å². The summed E-state index contributed by atoms with van der Waals surface area (Å²) < 4.78 is 45.9. The third-order valence-corrected chi connectivity index (χ3v) is 6.20. The van der Waals surface area contributed by atoms with Crippen molar-refractivity contribution in [1.29, 1.82) is 0 Å². The van der Waals surface area contributed by atoms with Gasteiger partial charge in [0.05, 0.1) is 17.5 Å². The first-order valence-corrected chi connectivity index (χ1v) is 11.4. The summed E-state index contributed by atoms with van der Waals surface area (Å²) in [6.45, 7) is 4.28. The second-order valence-corrected chi connectivity index (χ2v) is 9.35. The quantitative estimate of drug-likeness (QED) is 0.524. The number of ether oxygens (including phenoxy) is 1. The average Bonchev–Trinajstić information content (AvgIpc) is 2.69. The maximum absolute atomic E-state index is 13.2. The van der Waals surface area contributed by atoms with Gasteiger partial charge < -0.3 is 10.1 Å². The van der Waals surface area contributed by atoms with E-state index in [1.165, 1.54) is 48.5 Å². The number of nitrogens with one attached hydrogen (secondary N) is 1. The van der Waals surface area contributed by atoms with Gasteiger partial charge in [0.15, 0.2) is 0 Å². The fourth-order valence-electron chi connectivity index (χ4n) is 2.61. The minimum atomic E-state index is -3.97. The van der Waals surface area contributed by atoms with Crippen LogP contribution in [-0.4, -0.2) is 44.4 Å². The van der Waals surface area contributed by atoms with Gasteiger partial charge in [-0.2, -0.15) is 4.31 Å². The van der Waals surface area contributed by atoms with Crippen molar-refractivity contribution in [2.45, 2.75) is 37.8 Å². The van der Waals surface area contributed by atoms with E-state index >= 15 is 0 Å². The van der Waals surface area contributed by atoms with Crippen LogP contribution < -0.4 is 5.32 Å². The molecule has 0 bridgehead atoms. The second kappa shape index (κ2) is 11.4. The van der Waals surface area contributed by atoms with E-state index in [1.54, 1.807) is 0 Å². The Morgan fingerprint density at radius 2 is 1.77 bits per heavy atom. The molecule has 6 nitrogen and oxygen atoms in total. The van der Waals surface area contributed by atoms with Crippen LogP contribution in [0.25, 0.3) is 0 Å². The highest BCUT2D eigenvalue weighted by atomic mass is 35.5. The first-order chi connectivity index (χ1) is 14.2. The molecule has 1 amide bonds. The van der Waals surface area contributed by atoms with Crippen LogP contribution >= 0.6 is 11.6 Å². The summed E-state index contributed by atoms with van der Waals surface area (Å²) in [5, 5.41) is 3.11. The number of hydrogen-bond donors (Lipinski definition) is 1. The van der Waals surface area contributed by atoms with Crippen molar-refractivity contribution >= 4 is 27.5 Å². The number of rotatable bonds is 11. The van der Waals surface area contributed by atoms with Crippen molar-refractivity contribution in [3.05, 3.63) is 64.9 Å². The Morgan fingerprint density at radius 1 is 1.13 bits per heavy atom. The zero-order valence-corrected chi connectivity index (χ0v) is 18.5. The number of carbonyl (C=O) groups excluding carboxylic acids is 1. The molecule has 30 heavy (non-hydrogen) atoms. The Morgan fingerprint density at radius 3 is 2.37 bits per heavy atom. The van der Waals surface area contributed by atoms with Crippen LogP contribution in [0.4, 0.5) is 4.39 Å². The minimum Gasteiger partial charge on any atom is -0.379 e. The molecule has 0 atom stereocenters. The molecule has 164 valence electrons. The lowest BCUT2D eigenvalue weighted by Crippen LogP contribution is -2.40. The number of halogens is 2. The van der Waals surface area contributed by atoms with E-state index in [4.69, 9.17) is 16.3 Å². The van der Waals surface area contributed by atoms with Crippen molar-refractivity contribution in [3.63, 3.8) is 0 Å². The predicted octanol–water partition coefficient (Wildman–Crippen LogP) is 3.60. The van der Waals surface area contributed by atoms with Gasteiger partial charge in [-0.1, -0.05) is 23.7 Å². The van der Waals surface area contributed by atoms with E-state index in [0.29, 0.717) is 30.2 Å². The number of hydrogen-bond acceptors (Lipinski definition) is 4. The first kappa shape index (κ1) is 24.3. The molecular weight excluding hydrogens is 431 g/mol. The first-order valence-electron chi connectivity index (χ1n) is 9.57. The summed E-state index contributed by atoms with van der Waals surface area (Å²) in [7, 11) is -3.97. The Kier molecular flexibility index (Phi) is 9.23. The molecule has 0 saturated heterocycles. The van der Waals surface area contributed by atoms with Gasteiger partial charge in [0.1, 0.15) is 5.82 Å². The summed E-state index contributed by atoms with van der Waals surface area (Å²) in [5.74, 6) is -0.855. The van der Waals surface area contributed by atoms with Crippen molar-refractivity contribution in [2.24, 2.45) is 0 Å². The van der Waals surface area contributed by atoms with Gasteiger partial charge in [0.2, 0.25) is 15.9 Å². The highest BCUT2D eigenvalue weighted by Gasteiger charge is 2.27. The molecule has 0 unspecified atom stereocenters. The lowest BCUT2D eigenvalue weighted by molar-refractivity contribution is -0.121. The van der Waals surface area contributed by atoms with Crippen LogP contribution in [0, 0.1) is 5.82 Å². The molecule has 2 aromatic rings. The Bertz CT molecular complexity index is 919. The largest absolute Gasteiger partial charge is 0.379 e. The third-order valence-electron chi connectivity index (χ3n) is 4.14. The summed E-state index contributed by atoms with van der Waals surface area (Å²) in [4.78, 5) is 12.4. The van der Waals surface area contributed by atoms with Crippen LogP contribution in [0.3, 0.4) is 0 Å². The predicted molar refractivity (Wildman–Crippen MR) is 114 cm³/mol. The lowest BCUT2D eigenvalue weighted by Gasteiger charge is -2.22. The van der Waals surface area contributed by atoms with Crippen molar-refractivity contribution in [1.82, 2.24) is 9.62 Å². The zero-order valence-electron chi connectivity index (χ0n) is 17.0. The average molecular weight is 457 g/mol. The normalized spacial score (nSPS) is 11.8. The Balaban J connectivity index is 2.11. The molecular formula is C21H26ClFN2O4S. The number of nitrogens with zero attached hydrogens (tertiary/aromatic N) is 1. The minimum absolute atomic E-state index is 0.0205. The van der Waals surface area contributed by atoms with Crippen molar-refractivity contribution < 1.29 is 22.3 Å². The van der Waals surface area contributed by atoms with Crippen LogP contribution in [-0.2, 0) is 26.1 Å². The van der Waals surface area contributed by atoms with Gasteiger partial charge in [-0.15, -0.1) is 0 Å². The standard InChI is InChI=1S/C21H26ClFN2O4S/c1-16(2)29-13-3-12-24-21(26)15-25(14-17-4-8-19(23)9-5-17)30(27,28)20-10-6-18(22)7-11-20/h4-11,16H,3,12-15H2,1-2H3,(H,24,26). The van der Waals surface area contributed by atoms with Gasteiger partial charge in [0.25, 0.3) is 0 Å². The van der Waals surface area contributed by atoms with Gasteiger partial charge in [0, 0.05) is 24.7 Å². The van der Waals surface area contributed by atoms with Crippen molar-refractivity contribution in [2.75, 3.05) is 19.7 Å². The maximum Gasteiger partial charge on any atom is 0.243 e. The van der Waals surface area contributed by atoms with Gasteiger partial charge in [-0.25, -0.2) is 12.8 Å². The van der Waals surface area contributed by atoms with Crippen LogP contribution in [0.1, 0.15) is 25.8 Å². The molecule has 2 aromatic carbocycles.